The fourth-order valence-corrected chi connectivity index (χ4v) is 2.05. The van der Waals surface area contributed by atoms with Crippen molar-refractivity contribution in [2.24, 2.45) is 0 Å². The molecule has 1 saturated heterocycles. The summed E-state index contributed by atoms with van der Waals surface area (Å²) in [5.74, 6) is 0. The summed E-state index contributed by atoms with van der Waals surface area (Å²) in [4.78, 5) is 0.858. The van der Waals surface area contributed by atoms with Gasteiger partial charge in [-0.05, 0) is 6.92 Å². The molecular weight excluding hydrogens is 250 g/mol. The van der Waals surface area contributed by atoms with Crippen LogP contribution in [0.15, 0.2) is 0 Å². The number of alkyl halides is 6. The Morgan fingerprint density at radius 3 is 2.18 bits per heavy atom. The summed E-state index contributed by atoms with van der Waals surface area (Å²) in [7, 11) is 0. The summed E-state index contributed by atoms with van der Waals surface area (Å²) in [5.41, 5.74) is -1.54. The molecule has 0 amide bonds. The van der Waals surface area contributed by atoms with Crippen LogP contribution in [0.25, 0.3) is 0 Å². The van der Waals surface area contributed by atoms with E-state index >= 15 is 0 Å². The van der Waals surface area contributed by atoms with Crippen molar-refractivity contribution in [1.29, 1.82) is 0 Å². The minimum Gasteiger partial charge on any atom is -0.314 e. The monoisotopic (exact) mass is 264 g/mol. The van der Waals surface area contributed by atoms with E-state index in [4.69, 9.17) is 0 Å². The second-order valence-electron chi connectivity index (χ2n) is 4.50. The highest BCUT2D eigenvalue weighted by Gasteiger charge is 2.47. The third-order valence-corrected chi connectivity index (χ3v) is 2.78. The summed E-state index contributed by atoms with van der Waals surface area (Å²) >= 11 is 0. The van der Waals surface area contributed by atoms with Gasteiger partial charge in [0.25, 0.3) is 0 Å². The highest BCUT2D eigenvalue weighted by molar-refractivity contribution is 4.94. The molecule has 1 fully saturated rings. The van der Waals surface area contributed by atoms with E-state index in [9.17, 15) is 26.3 Å². The van der Waals surface area contributed by atoms with Gasteiger partial charge in [-0.25, -0.2) is 0 Å². The van der Waals surface area contributed by atoms with Gasteiger partial charge in [0.15, 0.2) is 0 Å². The van der Waals surface area contributed by atoms with Crippen LogP contribution in [-0.4, -0.2) is 49.0 Å². The van der Waals surface area contributed by atoms with Crippen LogP contribution in [0.1, 0.15) is 13.3 Å². The van der Waals surface area contributed by atoms with Crippen LogP contribution in [-0.2, 0) is 0 Å². The first-order valence-electron chi connectivity index (χ1n) is 5.11. The molecule has 1 aliphatic rings. The second kappa shape index (κ2) is 4.64. The Bertz CT molecular complexity index is 261. The van der Waals surface area contributed by atoms with Gasteiger partial charge in [0.05, 0.1) is 13.0 Å². The molecule has 8 heteroatoms. The van der Waals surface area contributed by atoms with Crippen LogP contribution in [0.5, 0.6) is 0 Å². The maximum absolute atomic E-state index is 12.4. The first-order valence-corrected chi connectivity index (χ1v) is 5.11. The maximum atomic E-state index is 12.4. The predicted molar refractivity (Wildman–Crippen MR) is 49.6 cm³/mol. The lowest BCUT2D eigenvalue weighted by Gasteiger charge is -2.45. The van der Waals surface area contributed by atoms with Crippen molar-refractivity contribution in [3.05, 3.63) is 0 Å². The van der Waals surface area contributed by atoms with Crippen molar-refractivity contribution in [2.75, 3.05) is 26.2 Å². The summed E-state index contributed by atoms with van der Waals surface area (Å²) in [6.07, 6.45) is -10.2. The fourth-order valence-electron chi connectivity index (χ4n) is 2.05. The van der Waals surface area contributed by atoms with Gasteiger partial charge in [-0.3, -0.25) is 4.90 Å². The smallest absolute Gasteiger partial charge is 0.314 e. The number of nitrogens with one attached hydrogen (secondary N) is 1. The molecule has 1 aliphatic heterocycles. The maximum Gasteiger partial charge on any atom is 0.401 e. The highest BCUT2D eigenvalue weighted by atomic mass is 19.4. The van der Waals surface area contributed by atoms with Crippen molar-refractivity contribution in [3.8, 4) is 0 Å². The number of piperazine rings is 1. The normalized spacial score (nSPS) is 28.4. The van der Waals surface area contributed by atoms with E-state index in [0.29, 0.717) is 0 Å². The van der Waals surface area contributed by atoms with E-state index in [1.165, 1.54) is 6.92 Å². The Labute approximate surface area is 95.0 Å². The van der Waals surface area contributed by atoms with Crippen molar-refractivity contribution in [1.82, 2.24) is 10.2 Å². The number of hydrogen-bond acceptors (Lipinski definition) is 2. The summed E-state index contributed by atoms with van der Waals surface area (Å²) in [5, 5.41) is 2.70. The van der Waals surface area contributed by atoms with Gasteiger partial charge in [-0.1, -0.05) is 0 Å². The van der Waals surface area contributed by atoms with Gasteiger partial charge in [-0.15, -0.1) is 0 Å². The molecule has 1 N–H and O–H groups in total. The van der Waals surface area contributed by atoms with Crippen LogP contribution in [0, 0.1) is 0 Å². The third kappa shape index (κ3) is 4.71. The van der Waals surface area contributed by atoms with E-state index in [1.807, 2.05) is 0 Å². The first kappa shape index (κ1) is 14.6. The topological polar surface area (TPSA) is 15.3 Å². The first-order chi connectivity index (χ1) is 7.52. The van der Waals surface area contributed by atoms with Crippen LogP contribution < -0.4 is 5.32 Å². The van der Waals surface area contributed by atoms with Gasteiger partial charge in [0, 0.05) is 25.2 Å². The zero-order chi connectivity index (χ0) is 13.3. The van der Waals surface area contributed by atoms with Crippen molar-refractivity contribution in [2.45, 2.75) is 31.2 Å². The summed E-state index contributed by atoms with van der Waals surface area (Å²) in [6, 6.07) is 0. The number of halogens is 6. The zero-order valence-corrected chi connectivity index (χ0v) is 9.25. The lowest BCUT2D eigenvalue weighted by molar-refractivity contribution is -0.190. The molecule has 1 atom stereocenters. The standard InChI is InChI=1S/C9H14F6N2/c1-7(4-8(10,11)12)5-16-2-3-17(7)6-9(13,14)15/h16H,2-6H2,1H3. The molecule has 0 aliphatic carbocycles. The second-order valence-corrected chi connectivity index (χ2v) is 4.50. The van der Waals surface area contributed by atoms with Gasteiger partial charge >= 0.3 is 12.4 Å². The zero-order valence-electron chi connectivity index (χ0n) is 9.25. The molecule has 0 aromatic heterocycles. The largest absolute Gasteiger partial charge is 0.401 e. The average molecular weight is 264 g/mol. The SMILES string of the molecule is CC1(CC(F)(F)F)CNCCN1CC(F)(F)F. The quantitative estimate of drug-likeness (QED) is 0.769. The van der Waals surface area contributed by atoms with E-state index in [2.05, 4.69) is 5.32 Å². The summed E-state index contributed by atoms with van der Waals surface area (Å²) < 4.78 is 73.9. The number of nitrogens with zero attached hydrogens (tertiary/aromatic N) is 1. The molecule has 0 aromatic rings. The molecule has 17 heavy (non-hydrogen) atoms. The lowest BCUT2D eigenvalue weighted by atomic mass is 9.92. The van der Waals surface area contributed by atoms with Crippen LogP contribution in [0.3, 0.4) is 0 Å². The Morgan fingerprint density at radius 1 is 1.12 bits per heavy atom. The molecule has 102 valence electrons. The van der Waals surface area contributed by atoms with Gasteiger partial charge < -0.3 is 5.32 Å². The van der Waals surface area contributed by atoms with Crippen molar-refractivity contribution >= 4 is 0 Å². The predicted octanol–water partition coefficient (Wildman–Crippen LogP) is 2.17. The summed E-state index contributed by atoms with van der Waals surface area (Å²) in [6.45, 7) is 0.0395. The molecule has 0 radical (unpaired) electrons. The van der Waals surface area contributed by atoms with Gasteiger partial charge in [0.2, 0.25) is 0 Å². The van der Waals surface area contributed by atoms with E-state index in [-0.39, 0.29) is 19.6 Å². The van der Waals surface area contributed by atoms with Crippen LogP contribution >= 0.6 is 0 Å². The van der Waals surface area contributed by atoms with E-state index in [1.54, 1.807) is 0 Å². The minimum absolute atomic E-state index is 0.0356. The molecule has 1 heterocycles. The van der Waals surface area contributed by atoms with Crippen molar-refractivity contribution < 1.29 is 26.3 Å². The Hall–Kier alpha value is -0.500. The lowest BCUT2D eigenvalue weighted by Crippen LogP contribution is -2.62. The molecule has 0 spiro atoms. The Kier molecular flexibility index (Phi) is 3.97. The average Bonchev–Trinajstić information content (AvgIpc) is 2.03. The highest BCUT2D eigenvalue weighted by Crippen LogP contribution is 2.34. The fraction of sp³-hybridized carbons (Fsp3) is 1.00. The van der Waals surface area contributed by atoms with Gasteiger partial charge in [0.1, 0.15) is 0 Å². The number of hydrogen-bond donors (Lipinski definition) is 1. The molecule has 0 bridgehead atoms. The molecule has 1 rings (SSSR count). The third-order valence-electron chi connectivity index (χ3n) is 2.78. The molecule has 0 aromatic carbocycles. The molecular formula is C9H14F6N2. The number of rotatable bonds is 2. The Morgan fingerprint density at radius 2 is 1.71 bits per heavy atom. The van der Waals surface area contributed by atoms with Crippen LogP contribution in [0.4, 0.5) is 26.3 Å². The van der Waals surface area contributed by atoms with Crippen molar-refractivity contribution in [3.63, 3.8) is 0 Å². The molecule has 1 unspecified atom stereocenters. The Balaban J connectivity index is 2.77. The van der Waals surface area contributed by atoms with Crippen LogP contribution in [0.2, 0.25) is 0 Å². The van der Waals surface area contributed by atoms with E-state index < -0.39 is 30.9 Å². The molecule has 2 nitrogen and oxygen atoms in total. The van der Waals surface area contributed by atoms with E-state index in [0.717, 1.165) is 4.90 Å². The minimum atomic E-state index is -4.48. The van der Waals surface area contributed by atoms with Gasteiger partial charge in [-0.2, -0.15) is 26.3 Å². The molecule has 0 saturated carbocycles.